The van der Waals surface area contributed by atoms with Gasteiger partial charge in [0.25, 0.3) is 0 Å². The molecule has 0 aliphatic carbocycles. The van der Waals surface area contributed by atoms with E-state index in [0.717, 1.165) is 22.6 Å². The van der Waals surface area contributed by atoms with Crippen molar-refractivity contribution in [2.24, 2.45) is 5.41 Å². The predicted octanol–water partition coefficient (Wildman–Crippen LogP) is 5.56. The van der Waals surface area contributed by atoms with Crippen LogP contribution in [0.1, 0.15) is 62.0 Å². The molecular weight excluding hydrogens is 384 g/mol. The van der Waals surface area contributed by atoms with Crippen LogP contribution in [0.2, 0.25) is 5.02 Å². The van der Waals surface area contributed by atoms with E-state index in [1.165, 1.54) is 11.1 Å². The maximum atomic E-state index is 10.1. The molecule has 2 aromatic carbocycles. The van der Waals surface area contributed by atoms with Gasteiger partial charge < -0.3 is 14.9 Å². The molecule has 1 aliphatic heterocycles. The molecule has 3 nitrogen and oxygen atoms in total. The van der Waals surface area contributed by atoms with E-state index in [9.17, 15) is 10.2 Å². The number of aliphatic hydroxyl groups is 2. The van der Waals surface area contributed by atoms with Crippen molar-refractivity contribution in [1.82, 2.24) is 0 Å². The molecule has 0 saturated carbocycles. The molecule has 0 radical (unpaired) electrons. The summed E-state index contributed by atoms with van der Waals surface area (Å²) in [7, 11) is 0. The molecule has 1 fully saturated rings. The lowest BCUT2D eigenvalue weighted by atomic mass is 9.93. The number of hydrogen-bond acceptors (Lipinski definition) is 3. The lowest BCUT2D eigenvalue weighted by molar-refractivity contribution is -0.113. The number of rotatable bonds is 5. The van der Waals surface area contributed by atoms with Crippen molar-refractivity contribution in [2.75, 3.05) is 6.61 Å². The summed E-state index contributed by atoms with van der Waals surface area (Å²) in [6.07, 6.45) is 5.10. The van der Waals surface area contributed by atoms with Crippen molar-refractivity contribution in [2.45, 2.75) is 58.3 Å². The molecule has 3 unspecified atom stereocenters. The minimum atomic E-state index is -0.460. The van der Waals surface area contributed by atoms with Crippen LogP contribution in [-0.4, -0.2) is 29.0 Å². The van der Waals surface area contributed by atoms with E-state index in [1.807, 2.05) is 12.1 Å². The van der Waals surface area contributed by atoms with Gasteiger partial charge in [0, 0.05) is 17.9 Å². The van der Waals surface area contributed by atoms with Crippen molar-refractivity contribution >= 4 is 17.7 Å². The Morgan fingerprint density at radius 1 is 1.10 bits per heavy atom. The zero-order valence-corrected chi connectivity index (χ0v) is 18.2. The zero-order chi connectivity index (χ0) is 21.0. The highest BCUT2D eigenvalue weighted by molar-refractivity contribution is 6.31. The second-order valence-corrected chi connectivity index (χ2v) is 9.43. The molecule has 3 rings (SSSR count). The molecule has 1 saturated heterocycles. The third-order valence-corrected chi connectivity index (χ3v) is 5.54. The Hall–Kier alpha value is -1.65. The van der Waals surface area contributed by atoms with Gasteiger partial charge in [0.05, 0.1) is 24.9 Å². The van der Waals surface area contributed by atoms with Crippen LogP contribution in [0.5, 0.6) is 0 Å². The fourth-order valence-electron chi connectivity index (χ4n) is 3.57. The highest BCUT2D eigenvalue weighted by Crippen LogP contribution is 2.33. The van der Waals surface area contributed by atoms with Gasteiger partial charge in [-0.25, -0.2) is 0 Å². The number of allylic oxidation sites excluding steroid dienone is 1. The molecule has 1 aliphatic rings. The van der Waals surface area contributed by atoms with Crippen LogP contribution in [0, 0.1) is 5.41 Å². The van der Waals surface area contributed by atoms with Crippen LogP contribution in [0.15, 0.2) is 48.5 Å². The minimum absolute atomic E-state index is 0.0793. The summed E-state index contributed by atoms with van der Waals surface area (Å²) in [5.74, 6) is 0. The molecule has 0 spiro atoms. The molecular formula is C25H31ClO3. The Morgan fingerprint density at radius 2 is 1.83 bits per heavy atom. The number of hydrogen-bond donors (Lipinski definition) is 2. The summed E-state index contributed by atoms with van der Waals surface area (Å²) in [5.41, 5.74) is 4.56. The first-order chi connectivity index (χ1) is 13.7. The van der Waals surface area contributed by atoms with Gasteiger partial charge in [-0.05, 0) is 40.2 Å². The molecule has 0 amide bonds. The number of benzene rings is 2. The monoisotopic (exact) mass is 414 g/mol. The van der Waals surface area contributed by atoms with Gasteiger partial charge in [-0.2, -0.15) is 0 Å². The van der Waals surface area contributed by atoms with Crippen molar-refractivity contribution in [1.29, 1.82) is 0 Å². The fourth-order valence-corrected chi connectivity index (χ4v) is 3.75. The first-order valence-electron chi connectivity index (χ1n) is 10.2. The molecule has 156 valence electrons. The highest BCUT2D eigenvalue weighted by atomic mass is 35.5. The van der Waals surface area contributed by atoms with Crippen molar-refractivity contribution in [3.63, 3.8) is 0 Å². The minimum Gasteiger partial charge on any atom is -0.394 e. The third kappa shape index (κ3) is 6.42. The van der Waals surface area contributed by atoms with Crippen LogP contribution in [0.25, 0.3) is 6.08 Å². The quantitative estimate of drug-likeness (QED) is 0.673. The van der Waals surface area contributed by atoms with Gasteiger partial charge in [-0.15, -0.1) is 0 Å². The number of aliphatic hydroxyl groups excluding tert-OH is 2. The van der Waals surface area contributed by atoms with E-state index in [-0.39, 0.29) is 24.2 Å². The molecule has 1 heterocycles. The zero-order valence-electron chi connectivity index (χ0n) is 17.4. The van der Waals surface area contributed by atoms with Crippen LogP contribution >= 0.6 is 11.6 Å². The lowest BCUT2D eigenvalue weighted by Gasteiger charge is -2.32. The smallest absolute Gasteiger partial charge is 0.0854 e. The van der Waals surface area contributed by atoms with Crippen molar-refractivity contribution in [3.8, 4) is 0 Å². The van der Waals surface area contributed by atoms with Gasteiger partial charge in [-0.3, -0.25) is 0 Å². The van der Waals surface area contributed by atoms with Crippen LogP contribution in [0.3, 0.4) is 0 Å². The Bertz CT molecular complexity index is 836. The highest BCUT2D eigenvalue weighted by Gasteiger charge is 2.29. The number of halogens is 1. The maximum Gasteiger partial charge on any atom is 0.0854 e. The number of ether oxygens (including phenoxy) is 1. The van der Waals surface area contributed by atoms with E-state index in [2.05, 4.69) is 63.3 Å². The Balaban J connectivity index is 1.74. The van der Waals surface area contributed by atoms with Gasteiger partial charge in [0.2, 0.25) is 0 Å². The summed E-state index contributed by atoms with van der Waals surface area (Å²) in [6.45, 7) is 6.48. The molecule has 29 heavy (non-hydrogen) atoms. The van der Waals surface area contributed by atoms with E-state index < -0.39 is 6.10 Å². The average Bonchev–Trinajstić information content (AvgIpc) is 2.68. The topological polar surface area (TPSA) is 49.7 Å². The van der Waals surface area contributed by atoms with Gasteiger partial charge >= 0.3 is 0 Å². The van der Waals surface area contributed by atoms with E-state index in [0.29, 0.717) is 12.8 Å². The SMILES string of the molecule is CC(C)(C)/C=C/c1ccc(Cc2cc(C3CC(O)CC(CO)O3)ccc2Cl)cc1. The third-order valence-electron chi connectivity index (χ3n) is 5.17. The molecule has 0 bridgehead atoms. The standard InChI is InChI=1S/C25H31ClO3/c1-25(2,3)11-10-17-4-6-18(7-5-17)12-20-13-19(8-9-23(20)26)24-15-21(28)14-22(16-27)29-24/h4-11,13,21-22,24,27-28H,12,14-16H2,1-3H3/b11-10+. The van der Waals surface area contributed by atoms with E-state index in [1.54, 1.807) is 0 Å². The maximum absolute atomic E-state index is 10.1. The van der Waals surface area contributed by atoms with E-state index >= 15 is 0 Å². The Morgan fingerprint density at radius 3 is 2.48 bits per heavy atom. The molecule has 0 aromatic heterocycles. The van der Waals surface area contributed by atoms with Gasteiger partial charge in [0.15, 0.2) is 0 Å². The molecule has 4 heteroatoms. The van der Waals surface area contributed by atoms with Crippen molar-refractivity contribution in [3.05, 3.63) is 75.8 Å². The normalized spacial score (nSPS) is 22.9. The summed E-state index contributed by atoms with van der Waals surface area (Å²) in [5, 5.41) is 20.2. The Kier molecular flexibility index (Phi) is 7.18. The summed E-state index contributed by atoms with van der Waals surface area (Å²) in [4.78, 5) is 0. The van der Waals surface area contributed by atoms with Gasteiger partial charge in [-0.1, -0.05) is 80.9 Å². The first-order valence-corrected chi connectivity index (χ1v) is 10.6. The summed E-state index contributed by atoms with van der Waals surface area (Å²) < 4.78 is 5.95. The second kappa shape index (κ2) is 9.44. The average molecular weight is 415 g/mol. The first kappa shape index (κ1) is 22.0. The van der Waals surface area contributed by atoms with Crippen LogP contribution in [-0.2, 0) is 11.2 Å². The van der Waals surface area contributed by atoms with Crippen LogP contribution < -0.4 is 0 Å². The molecule has 2 aromatic rings. The summed E-state index contributed by atoms with van der Waals surface area (Å²) >= 11 is 6.46. The summed E-state index contributed by atoms with van der Waals surface area (Å²) in [6, 6.07) is 14.4. The van der Waals surface area contributed by atoms with Crippen LogP contribution in [0.4, 0.5) is 0 Å². The van der Waals surface area contributed by atoms with Crippen molar-refractivity contribution < 1.29 is 14.9 Å². The van der Waals surface area contributed by atoms with E-state index in [4.69, 9.17) is 16.3 Å². The fraction of sp³-hybridized carbons (Fsp3) is 0.440. The molecule has 3 atom stereocenters. The molecule has 2 N–H and O–H groups in total. The second-order valence-electron chi connectivity index (χ2n) is 9.02. The predicted molar refractivity (Wildman–Crippen MR) is 119 cm³/mol. The Labute approximate surface area is 179 Å². The van der Waals surface area contributed by atoms with Gasteiger partial charge in [0.1, 0.15) is 0 Å². The lowest BCUT2D eigenvalue weighted by Crippen LogP contribution is -2.33. The largest absolute Gasteiger partial charge is 0.394 e.